The smallest absolute Gasteiger partial charge is 0.248 e. The number of aromatic nitrogens is 2. The molecule has 3 rings (SSSR count). The number of anilines is 1. The molecule has 1 aliphatic carbocycles. The van der Waals surface area contributed by atoms with Crippen LogP contribution in [0.3, 0.4) is 0 Å². The molecule has 1 aliphatic rings. The summed E-state index contributed by atoms with van der Waals surface area (Å²) in [6, 6.07) is 5.75. The summed E-state index contributed by atoms with van der Waals surface area (Å²) < 4.78 is 29.2. The Bertz CT molecular complexity index is 826. The van der Waals surface area contributed by atoms with E-state index in [1.54, 1.807) is 0 Å². The van der Waals surface area contributed by atoms with E-state index in [1.165, 1.54) is 0 Å². The maximum absolute atomic E-state index is 13.5. The molecule has 0 spiro atoms. The molecule has 1 heterocycles. The summed E-state index contributed by atoms with van der Waals surface area (Å²) in [5.74, 6) is -1.35. The topological polar surface area (TPSA) is 46.9 Å². The summed E-state index contributed by atoms with van der Waals surface area (Å²) in [6.07, 6.45) is 1.46. The standard InChI is InChI=1S/C21H29F2N3O/c1-5-18(27)24-15-6-7-17-16(12-15)25-19(20(2,3)4)26(17)13-14-8-10-21(22,23)11-9-14/h6-7,12,14H,5,8-11,13H2,1-4H3,(H,24,27). The third-order valence-corrected chi connectivity index (χ3v) is 5.30. The van der Waals surface area contributed by atoms with Crippen LogP contribution in [0.2, 0.25) is 0 Å². The number of carbonyl (C=O) groups excluding carboxylic acids is 1. The first kappa shape index (κ1) is 19.8. The zero-order chi connectivity index (χ0) is 19.8. The average Bonchev–Trinajstić information content (AvgIpc) is 2.94. The van der Waals surface area contributed by atoms with Crippen molar-refractivity contribution >= 4 is 22.6 Å². The quantitative estimate of drug-likeness (QED) is 0.764. The minimum Gasteiger partial charge on any atom is -0.327 e. The molecule has 1 saturated carbocycles. The molecule has 1 aromatic carbocycles. The van der Waals surface area contributed by atoms with Gasteiger partial charge in [-0.1, -0.05) is 27.7 Å². The van der Waals surface area contributed by atoms with Crippen molar-refractivity contribution in [3.05, 3.63) is 24.0 Å². The van der Waals surface area contributed by atoms with Gasteiger partial charge in [0.15, 0.2) is 0 Å². The summed E-state index contributed by atoms with van der Waals surface area (Å²) in [5, 5.41) is 2.87. The van der Waals surface area contributed by atoms with E-state index in [9.17, 15) is 13.6 Å². The molecule has 0 atom stereocenters. The Morgan fingerprint density at radius 1 is 1.30 bits per heavy atom. The second-order valence-corrected chi connectivity index (χ2v) is 8.70. The lowest BCUT2D eigenvalue weighted by molar-refractivity contribution is -0.115. The first-order valence-electron chi connectivity index (χ1n) is 9.77. The van der Waals surface area contributed by atoms with Crippen molar-refractivity contribution in [2.24, 2.45) is 5.92 Å². The molecule has 0 bridgehead atoms. The van der Waals surface area contributed by atoms with E-state index in [4.69, 9.17) is 4.98 Å². The second-order valence-electron chi connectivity index (χ2n) is 8.70. The third kappa shape index (κ3) is 4.47. The van der Waals surface area contributed by atoms with Crippen LogP contribution >= 0.6 is 0 Å². The summed E-state index contributed by atoms with van der Waals surface area (Å²) in [4.78, 5) is 16.5. The lowest BCUT2D eigenvalue weighted by Gasteiger charge is -2.30. The van der Waals surface area contributed by atoms with E-state index in [-0.39, 0.29) is 30.1 Å². The fraction of sp³-hybridized carbons (Fsp3) is 0.619. The Morgan fingerprint density at radius 2 is 1.96 bits per heavy atom. The summed E-state index contributed by atoms with van der Waals surface area (Å²) >= 11 is 0. The van der Waals surface area contributed by atoms with E-state index < -0.39 is 5.92 Å². The first-order chi connectivity index (χ1) is 12.6. The molecule has 0 saturated heterocycles. The molecule has 1 aromatic heterocycles. The molecule has 0 unspecified atom stereocenters. The highest BCUT2D eigenvalue weighted by atomic mass is 19.3. The van der Waals surface area contributed by atoms with Gasteiger partial charge in [0.05, 0.1) is 11.0 Å². The van der Waals surface area contributed by atoms with Gasteiger partial charge < -0.3 is 9.88 Å². The van der Waals surface area contributed by atoms with Gasteiger partial charge in [0.1, 0.15) is 5.82 Å². The largest absolute Gasteiger partial charge is 0.327 e. The van der Waals surface area contributed by atoms with Gasteiger partial charge in [0.25, 0.3) is 0 Å². The van der Waals surface area contributed by atoms with Gasteiger partial charge in [0, 0.05) is 36.9 Å². The number of alkyl halides is 2. The normalized spacial score (nSPS) is 18.0. The fourth-order valence-corrected chi connectivity index (χ4v) is 3.76. The minimum absolute atomic E-state index is 0.0255. The molecule has 1 amide bonds. The number of nitrogens with zero attached hydrogens (tertiary/aromatic N) is 2. The van der Waals surface area contributed by atoms with E-state index in [2.05, 4.69) is 30.7 Å². The Labute approximate surface area is 159 Å². The molecule has 27 heavy (non-hydrogen) atoms. The van der Waals surface area contributed by atoms with Crippen LogP contribution in [0.15, 0.2) is 18.2 Å². The molecule has 0 radical (unpaired) electrons. The number of benzene rings is 1. The number of rotatable bonds is 4. The number of imidazole rings is 1. The zero-order valence-corrected chi connectivity index (χ0v) is 16.6. The molecule has 2 aromatic rings. The highest BCUT2D eigenvalue weighted by molar-refractivity contribution is 5.93. The van der Waals surface area contributed by atoms with E-state index >= 15 is 0 Å². The number of halogens is 2. The SMILES string of the molecule is CCC(=O)Nc1ccc2c(c1)nc(C(C)(C)C)n2CC1CCC(F)(F)CC1. The van der Waals surface area contributed by atoms with Crippen LogP contribution in [0, 0.1) is 5.92 Å². The molecule has 6 heteroatoms. The van der Waals surface area contributed by atoms with Crippen molar-refractivity contribution in [2.45, 2.75) is 77.7 Å². The molecule has 1 N–H and O–H groups in total. The van der Waals surface area contributed by atoms with E-state index in [0.29, 0.717) is 25.8 Å². The lowest BCUT2D eigenvalue weighted by Crippen LogP contribution is -2.28. The maximum atomic E-state index is 13.5. The van der Waals surface area contributed by atoms with Crippen molar-refractivity contribution < 1.29 is 13.6 Å². The van der Waals surface area contributed by atoms with Crippen LogP contribution in [-0.2, 0) is 16.8 Å². The van der Waals surface area contributed by atoms with E-state index in [1.807, 2.05) is 25.1 Å². The monoisotopic (exact) mass is 377 g/mol. The van der Waals surface area contributed by atoms with Crippen LogP contribution in [0.25, 0.3) is 11.0 Å². The Kier molecular flexibility index (Phi) is 5.28. The van der Waals surface area contributed by atoms with Crippen LogP contribution in [0.4, 0.5) is 14.5 Å². The first-order valence-corrected chi connectivity index (χ1v) is 9.77. The van der Waals surface area contributed by atoms with Crippen LogP contribution in [0.1, 0.15) is 65.6 Å². The van der Waals surface area contributed by atoms with Gasteiger partial charge >= 0.3 is 0 Å². The lowest BCUT2D eigenvalue weighted by atomic mass is 9.86. The molecule has 1 fully saturated rings. The summed E-state index contributed by atoms with van der Waals surface area (Å²) in [6.45, 7) is 8.85. The van der Waals surface area contributed by atoms with Crippen molar-refractivity contribution in [1.82, 2.24) is 9.55 Å². The number of hydrogen-bond acceptors (Lipinski definition) is 2. The van der Waals surface area contributed by atoms with Crippen LogP contribution in [-0.4, -0.2) is 21.4 Å². The highest BCUT2D eigenvalue weighted by Gasteiger charge is 2.35. The minimum atomic E-state index is -2.51. The Balaban J connectivity index is 1.93. The van der Waals surface area contributed by atoms with Crippen molar-refractivity contribution in [2.75, 3.05) is 5.32 Å². The average molecular weight is 377 g/mol. The number of amides is 1. The Morgan fingerprint density at radius 3 is 2.56 bits per heavy atom. The summed E-state index contributed by atoms with van der Waals surface area (Å²) in [5.41, 5.74) is 2.39. The Hall–Kier alpha value is -1.98. The van der Waals surface area contributed by atoms with Gasteiger partial charge in [-0.15, -0.1) is 0 Å². The van der Waals surface area contributed by atoms with E-state index in [0.717, 1.165) is 22.5 Å². The number of carbonyl (C=O) groups is 1. The predicted molar refractivity (Wildman–Crippen MR) is 104 cm³/mol. The molecule has 0 aliphatic heterocycles. The van der Waals surface area contributed by atoms with Crippen LogP contribution < -0.4 is 5.32 Å². The predicted octanol–water partition coefficient (Wildman–Crippen LogP) is 5.51. The molecule has 4 nitrogen and oxygen atoms in total. The van der Waals surface area contributed by atoms with Gasteiger partial charge in [-0.2, -0.15) is 0 Å². The molecular formula is C21H29F2N3O. The maximum Gasteiger partial charge on any atom is 0.248 e. The summed E-state index contributed by atoms with van der Waals surface area (Å²) in [7, 11) is 0. The number of fused-ring (bicyclic) bond motifs is 1. The van der Waals surface area contributed by atoms with Crippen molar-refractivity contribution in [1.29, 1.82) is 0 Å². The van der Waals surface area contributed by atoms with Crippen LogP contribution in [0.5, 0.6) is 0 Å². The third-order valence-electron chi connectivity index (χ3n) is 5.30. The fourth-order valence-electron chi connectivity index (χ4n) is 3.76. The van der Waals surface area contributed by atoms with Gasteiger partial charge in [-0.25, -0.2) is 13.8 Å². The zero-order valence-electron chi connectivity index (χ0n) is 16.6. The van der Waals surface area contributed by atoms with Gasteiger partial charge in [0.2, 0.25) is 11.8 Å². The van der Waals surface area contributed by atoms with Crippen molar-refractivity contribution in [3.63, 3.8) is 0 Å². The highest BCUT2D eigenvalue weighted by Crippen LogP contribution is 2.38. The molecule has 148 valence electrons. The molecular weight excluding hydrogens is 348 g/mol. The van der Waals surface area contributed by atoms with Gasteiger partial charge in [-0.3, -0.25) is 4.79 Å². The second kappa shape index (κ2) is 7.21. The van der Waals surface area contributed by atoms with Crippen molar-refractivity contribution in [3.8, 4) is 0 Å². The van der Waals surface area contributed by atoms with Gasteiger partial charge in [-0.05, 0) is 37.0 Å². The number of nitrogens with one attached hydrogen (secondary N) is 1. The number of hydrogen-bond donors (Lipinski definition) is 1.